The van der Waals surface area contributed by atoms with Gasteiger partial charge in [-0.15, -0.1) is 0 Å². The molecule has 5 heteroatoms. The molecule has 0 unspecified atom stereocenters. The molecule has 1 fully saturated rings. The second-order valence-corrected chi connectivity index (χ2v) is 6.90. The van der Waals surface area contributed by atoms with Gasteiger partial charge in [-0.1, -0.05) is 30.5 Å². The molecule has 3 rings (SSSR count). The van der Waals surface area contributed by atoms with Gasteiger partial charge in [0.1, 0.15) is 5.75 Å². The number of hydrogen-bond donors (Lipinski definition) is 1. The fourth-order valence-corrected chi connectivity index (χ4v) is 3.84. The first-order valence-corrected chi connectivity index (χ1v) is 8.51. The molecule has 1 aromatic carbocycles. The second kappa shape index (κ2) is 6.52. The first-order valence-electron chi connectivity index (χ1n) is 7.46. The fraction of sp³-hybridized carbons (Fsp3) is 0.500. The zero-order chi connectivity index (χ0) is 14.7. The minimum atomic E-state index is 0.185. The third kappa shape index (κ3) is 3.59. The number of phenolic OH excluding ortho intramolecular Hbond substituents is 1. The highest BCUT2D eigenvalue weighted by molar-refractivity contribution is 7.99. The summed E-state index contributed by atoms with van der Waals surface area (Å²) in [5.74, 6) is 2.07. The quantitative estimate of drug-likeness (QED) is 0.911. The molecule has 1 aliphatic rings. The summed E-state index contributed by atoms with van der Waals surface area (Å²) in [5.41, 5.74) is 1.60. The number of rotatable bonds is 4. The summed E-state index contributed by atoms with van der Waals surface area (Å²) in [6.45, 7) is 1.93. The zero-order valence-corrected chi connectivity index (χ0v) is 13.0. The van der Waals surface area contributed by atoms with Gasteiger partial charge >= 0.3 is 0 Å². The van der Waals surface area contributed by atoms with Crippen LogP contribution in [0.3, 0.4) is 0 Å². The number of benzene rings is 1. The van der Waals surface area contributed by atoms with Crippen LogP contribution < -0.4 is 0 Å². The van der Waals surface area contributed by atoms with Gasteiger partial charge in [0.25, 0.3) is 5.89 Å². The van der Waals surface area contributed by atoms with E-state index < -0.39 is 0 Å². The van der Waals surface area contributed by atoms with Crippen LogP contribution in [0.15, 0.2) is 22.7 Å². The molecule has 1 N–H and O–H groups in total. The molecule has 112 valence electrons. The van der Waals surface area contributed by atoms with E-state index in [0.717, 1.165) is 16.6 Å². The summed E-state index contributed by atoms with van der Waals surface area (Å²) in [7, 11) is 0. The molecule has 1 heterocycles. The molecule has 0 aliphatic heterocycles. The molecule has 0 bridgehead atoms. The number of aromatic nitrogens is 2. The van der Waals surface area contributed by atoms with E-state index in [4.69, 9.17) is 4.52 Å². The lowest BCUT2D eigenvalue weighted by Crippen LogP contribution is -2.08. The summed E-state index contributed by atoms with van der Waals surface area (Å²) >= 11 is 1.92. The predicted molar refractivity (Wildman–Crippen MR) is 84.3 cm³/mol. The van der Waals surface area contributed by atoms with Crippen molar-refractivity contribution in [3.8, 4) is 17.2 Å². The molecule has 0 spiro atoms. The lowest BCUT2D eigenvalue weighted by Gasteiger charge is -2.19. The Hall–Kier alpha value is -1.49. The number of aromatic hydroxyl groups is 1. The number of phenols is 1. The smallest absolute Gasteiger partial charge is 0.261 e. The first-order chi connectivity index (χ1) is 10.2. The van der Waals surface area contributed by atoms with Crippen molar-refractivity contribution in [1.82, 2.24) is 10.1 Å². The van der Waals surface area contributed by atoms with Crippen LogP contribution in [-0.4, -0.2) is 20.5 Å². The summed E-state index contributed by atoms with van der Waals surface area (Å²) < 4.78 is 5.28. The van der Waals surface area contributed by atoms with E-state index in [1.165, 1.54) is 32.1 Å². The standard InChI is InChI=1S/C16H20N2O2S/c1-11-7-8-13(14(19)9-11)16-17-15(18-20-16)10-21-12-5-3-2-4-6-12/h7-9,12,19H,2-6,10H2,1H3. The monoisotopic (exact) mass is 304 g/mol. The van der Waals surface area contributed by atoms with Crippen LogP contribution in [0.2, 0.25) is 0 Å². The van der Waals surface area contributed by atoms with E-state index in [0.29, 0.717) is 17.3 Å². The Labute approximate surface area is 129 Å². The molecule has 1 aromatic heterocycles. The van der Waals surface area contributed by atoms with Crippen molar-refractivity contribution in [2.24, 2.45) is 0 Å². The van der Waals surface area contributed by atoms with Gasteiger partial charge in [-0.2, -0.15) is 16.7 Å². The van der Waals surface area contributed by atoms with E-state index in [1.807, 2.05) is 30.8 Å². The van der Waals surface area contributed by atoms with Crippen molar-refractivity contribution in [1.29, 1.82) is 0 Å². The molecule has 0 saturated heterocycles. The molecule has 2 aromatic rings. The highest BCUT2D eigenvalue weighted by atomic mass is 32.2. The van der Waals surface area contributed by atoms with E-state index in [1.54, 1.807) is 6.07 Å². The molecule has 0 amide bonds. The predicted octanol–water partition coefficient (Wildman–Crippen LogP) is 4.32. The van der Waals surface area contributed by atoms with E-state index in [-0.39, 0.29) is 5.75 Å². The topological polar surface area (TPSA) is 59.2 Å². The Morgan fingerprint density at radius 2 is 2.10 bits per heavy atom. The molecule has 1 aliphatic carbocycles. The molecule has 0 radical (unpaired) electrons. The minimum absolute atomic E-state index is 0.185. The van der Waals surface area contributed by atoms with Crippen LogP contribution in [0.25, 0.3) is 11.5 Å². The van der Waals surface area contributed by atoms with E-state index in [9.17, 15) is 5.11 Å². The van der Waals surface area contributed by atoms with E-state index >= 15 is 0 Å². The van der Waals surface area contributed by atoms with Crippen LogP contribution in [-0.2, 0) is 5.75 Å². The molecular formula is C16H20N2O2S. The van der Waals surface area contributed by atoms with E-state index in [2.05, 4.69) is 10.1 Å². The number of hydrogen-bond acceptors (Lipinski definition) is 5. The Morgan fingerprint density at radius 3 is 2.86 bits per heavy atom. The van der Waals surface area contributed by atoms with Gasteiger partial charge < -0.3 is 9.63 Å². The van der Waals surface area contributed by atoms with Crippen molar-refractivity contribution in [3.05, 3.63) is 29.6 Å². The van der Waals surface area contributed by atoms with Crippen LogP contribution >= 0.6 is 11.8 Å². The summed E-state index contributed by atoms with van der Waals surface area (Å²) in [6, 6.07) is 5.45. The average Bonchev–Trinajstić information content (AvgIpc) is 2.95. The molecule has 4 nitrogen and oxygen atoms in total. The summed E-state index contributed by atoms with van der Waals surface area (Å²) in [5, 5.41) is 14.7. The van der Waals surface area contributed by atoms with Crippen molar-refractivity contribution < 1.29 is 9.63 Å². The SMILES string of the molecule is Cc1ccc(-c2nc(CSC3CCCCC3)no2)c(O)c1. The minimum Gasteiger partial charge on any atom is -0.507 e. The van der Waals surface area contributed by atoms with Gasteiger partial charge in [0.05, 0.1) is 11.3 Å². The van der Waals surface area contributed by atoms with Gasteiger partial charge in [-0.25, -0.2) is 0 Å². The molecule has 21 heavy (non-hydrogen) atoms. The zero-order valence-electron chi connectivity index (χ0n) is 12.2. The number of nitrogens with zero attached hydrogens (tertiary/aromatic N) is 2. The van der Waals surface area contributed by atoms with Gasteiger partial charge in [0.15, 0.2) is 5.82 Å². The Kier molecular flexibility index (Phi) is 4.48. The number of aryl methyl sites for hydroxylation is 1. The molecule has 1 saturated carbocycles. The summed E-state index contributed by atoms with van der Waals surface area (Å²) in [4.78, 5) is 4.40. The van der Waals surface area contributed by atoms with Gasteiger partial charge in [0.2, 0.25) is 0 Å². The largest absolute Gasteiger partial charge is 0.507 e. The van der Waals surface area contributed by atoms with Crippen molar-refractivity contribution in [2.45, 2.75) is 50.0 Å². The molecular weight excluding hydrogens is 284 g/mol. The highest BCUT2D eigenvalue weighted by Crippen LogP contribution is 2.32. The normalized spacial score (nSPS) is 16.2. The maximum absolute atomic E-state index is 9.95. The van der Waals surface area contributed by atoms with Crippen molar-refractivity contribution >= 4 is 11.8 Å². The van der Waals surface area contributed by atoms with Crippen LogP contribution in [0.4, 0.5) is 0 Å². The van der Waals surface area contributed by atoms with Gasteiger partial charge in [-0.05, 0) is 37.5 Å². The van der Waals surface area contributed by atoms with Gasteiger partial charge in [0, 0.05) is 5.25 Å². The van der Waals surface area contributed by atoms with Crippen molar-refractivity contribution in [3.63, 3.8) is 0 Å². The van der Waals surface area contributed by atoms with Gasteiger partial charge in [-0.3, -0.25) is 0 Å². The lowest BCUT2D eigenvalue weighted by molar-refractivity contribution is 0.419. The average molecular weight is 304 g/mol. The highest BCUT2D eigenvalue weighted by Gasteiger charge is 2.17. The maximum atomic E-state index is 9.95. The van der Waals surface area contributed by atoms with Crippen LogP contribution in [0, 0.1) is 6.92 Å². The van der Waals surface area contributed by atoms with Crippen LogP contribution in [0.1, 0.15) is 43.5 Å². The Morgan fingerprint density at radius 1 is 1.29 bits per heavy atom. The first kappa shape index (κ1) is 14.4. The Bertz CT molecular complexity index is 606. The Balaban J connectivity index is 1.65. The summed E-state index contributed by atoms with van der Waals surface area (Å²) in [6.07, 6.45) is 6.65. The maximum Gasteiger partial charge on any atom is 0.261 e. The van der Waals surface area contributed by atoms with Crippen LogP contribution in [0.5, 0.6) is 5.75 Å². The number of thioether (sulfide) groups is 1. The fourth-order valence-electron chi connectivity index (χ4n) is 2.67. The second-order valence-electron chi connectivity index (χ2n) is 5.61. The lowest BCUT2D eigenvalue weighted by atomic mass is 10.0. The third-order valence-electron chi connectivity index (χ3n) is 3.85. The van der Waals surface area contributed by atoms with Crippen molar-refractivity contribution in [2.75, 3.05) is 0 Å². The molecule has 0 atom stereocenters. The third-order valence-corrected chi connectivity index (χ3v) is 5.22.